The normalized spacial score (nSPS) is 10.3. The zero-order valence-electron chi connectivity index (χ0n) is 9.93. The molecule has 19 heavy (non-hydrogen) atoms. The molecule has 0 bridgehead atoms. The lowest BCUT2D eigenvalue weighted by molar-refractivity contribution is 0.367. The number of hydrogen-bond donors (Lipinski definition) is 0. The Morgan fingerprint density at radius 3 is 1.63 bits per heavy atom. The molecule has 0 saturated carbocycles. The minimum Gasteiger partial charge on any atom is -0.407 e. The summed E-state index contributed by atoms with van der Waals surface area (Å²) in [6, 6.07) is 18.1. The van der Waals surface area contributed by atoms with Gasteiger partial charge in [-0.25, -0.2) is 0 Å². The predicted molar refractivity (Wildman–Crippen MR) is 78.3 cm³/mol. The van der Waals surface area contributed by atoms with Crippen molar-refractivity contribution in [2.75, 3.05) is 0 Å². The van der Waals surface area contributed by atoms with Crippen LogP contribution in [0.5, 0.6) is 11.5 Å². The van der Waals surface area contributed by atoms with Gasteiger partial charge in [-0.2, -0.15) is 0 Å². The molecule has 0 aliphatic carbocycles. The Morgan fingerprint density at radius 1 is 0.842 bits per heavy atom. The number of hydrogen-bond acceptors (Lipinski definition) is 4. The van der Waals surface area contributed by atoms with Gasteiger partial charge in [0.25, 0.3) is 0 Å². The maximum Gasteiger partial charge on any atom is 0.498 e. The van der Waals surface area contributed by atoms with E-state index >= 15 is 0 Å². The van der Waals surface area contributed by atoms with Crippen molar-refractivity contribution in [1.82, 2.24) is 0 Å². The fourth-order valence-electron chi connectivity index (χ4n) is 1.34. The Kier molecular flexibility index (Phi) is 4.46. The van der Waals surface area contributed by atoms with Crippen LogP contribution < -0.4 is 9.05 Å². The fraction of sp³-hybridized carbons (Fsp3) is 0. The third-order valence-electron chi connectivity index (χ3n) is 2.09. The number of rotatable bonds is 5. The zero-order chi connectivity index (χ0) is 13.6. The second kappa shape index (κ2) is 6.29. The van der Waals surface area contributed by atoms with E-state index in [0.29, 0.717) is 11.5 Å². The van der Waals surface area contributed by atoms with Gasteiger partial charge in [-0.1, -0.05) is 42.8 Å². The maximum atomic E-state index is 5.59. The van der Waals surface area contributed by atoms with E-state index in [-0.39, 0.29) is 0 Å². The molecule has 0 spiro atoms. The van der Waals surface area contributed by atoms with Crippen LogP contribution in [0.4, 0.5) is 0 Å². The molecular weight excluding hydrogens is 279 g/mol. The van der Waals surface area contributed by atoms with Gasteiger partial charge in [0.05, 0.1) is 0 Å². The molecule has 0 atom stereocenters. The molecule has 3 nitrogen and oxygen atoms in total. The van der Waals surface area contributed by atoms with Crippen LogP contribution in [0.25, 0.3) is 0 Å². The zero-order valence-corrected chi connectivity index (χ0v) is 11.6. The maximum absolute atomic E-state index is 5.59. The summed E-state index contributed by atoms with van der Waals surface area (Å²) < 4.78 is 16.2. The summed E-state index contributed by atoms with van der Waals surface area (Å²) >= 11 is 5.27. The van der Waals surface area contributed by atoms with E-state index in [0.717, 1.165) is 0 Å². The average molecular weight is 290 g/mol. The van der Waals surface area contributed by atoms with Crippen LogP contribution in [0.3, 0.4) is 0 Å². The summed E-state index contributed by atoms with van der Waals surface area (Å²) in [5.41, 5.74) is 0. The molecule has 2 aromatic rings. The first kappa shape index (κ1) is 13.5. The number of benzene rings is 2. The van der Waals surface area contributed by atoms with Crippen LogP contribution in [-0.2, 0) is 16.3 Å². The van der Waals surface area contributed by atoms with Gasteiger partial charge in [0, 0.05) is 11.8 Å². The largest absolute Gasteiger partial charge is 0.498 e. The Bertz CT molecular complexity index is 562. The molecule has 0 N–H and O–H groups in total. The van der Waals surface area contributed by atoms with E-state index in [2.05, 4.69) is 0 Å². The summed E-state index contributed by atoms with van der Waals surface area (Å²) in [6.45, 7) is -3.07. The summed E-state index contributed by atoms with van der Waals surface area (Å²) in [4.78, 5) is 0. The highest BCUT2D eigenvalue weighted by Gasteiger charge is 2.25. The molecule has 5 heteroatoms. The van der Waals surface area contributed by atoms with Crippen molar-refractivity contribution in [3.8, 4) is 24.0 Å². The average Bonchev–Trinajstić information content (AvgIpc) is 2.41. The van der Waals surface area contributed by atoms with Gasteiger partial charge >= 0.3 is 6.72 Å². The highest BCUT2D eigenvalue weighted by atomic mass is 32.5. The van der Waals surface area contributed by atoms with Gasteiger partial charge < -0.3 is 13.6 Å². The van der Waals surface area contributed by atoms with E-state index in [1.54, 1.807) is 24.3 Å². The molecule has 0 radical (unpaired) electrons. The standard InChI is InChI=1S/C14H11O3PS/c1-2-15-18(19,16-13-9-5-3-6-10-13)17-14-11-7-4-8-12-14/h1,3-12H. The molecule has 0 unspecified atom stereocenters. The van der Waals surface area contributed by atoms with E-state index in [9.17, 15) is 0 Å². The Hall–Kier alpha value is -1.95. The van der Waals surface area contributed by atoms with Gasteiger partial charge in [-0.3, -0.25) is 0 Å². The summed E-state index contributed by atoms with van der Waals surface area (Å²) in [6.07, 6.45) is 7.19. The topological polar surface area (TPSA) is 27.7 Å². The summed E-state index contributed by atoms with van der Waals surface area (Å²) in [5.74, 6) is 1.11. The SMILES string of the molecule is C#COP(=S)(Oc1ccccc1)Oc1ccccc1. The van der Waals surface area contributed by atoms with Gasteiger partial charge in [0.2, 0.25) is 0 Å². The molecule has 0 aromatic heterocycles. The van der Waals surface area contributed by atoms with Crippen molar-refractivity contribution < 1.29 is 13.6 Å². The summed E-state index contributed by atoms with van der Waals surface area (Å²) in [5, 5.41) is 0. The molecular formula is C14H11O3PS. The third-order valence-corrected chi connectivity index (χ3v) is 3.95. The quantitative estimate of drug-likeness (QED) is 0.615. The van der Waals surface area contributed by atoms with Crippen molar-refractivity contribution in [2.24, 2.45) is 0 Å². The second-order valence-corrected chi connectivity index (χ2v) is 6.25. The molecule has 96 valence electrons. The van der Waals surface area contributed by atoms with Gasteiger partial charge in [-0.15, -0.1) is 0 Å². The van der Waals surface area contributed by atoms with Crippen LogP contribution in [0.1, 0.15) is 0 Å². The van der Waals surface area contributed by atoms with Gasteiger partial charge in [0.15, 0.2) is 0 Å². The third kappa shape index (κ3) is 4.03. The lowest BCUT2D eigenvalue weighted by Gasteiger charge is -2.19. The van der Waals surface area contributed by atoms with E-state index in [1.165, 1.54) is 0 Å². The first-order valence-electron chi connectivity index (χ1n) is 5.45. The Labute approximate surface area is 117 Å². The molecule has 0 heterocycles. The minimum absolute atomic E-state index is 0.553. The fourth-order valence-corrected chi connectivity index (χ4v) is 2.99. The van der Waals surface area contributed by atoms with Crippen LogP contribution in [0.15, 0.2) is 60.7 Å². The van der Waals surface area contributed by atoms with Crippen molar-refractivity contribution >= 4 is 18.5 Å². The van der Waals surface area contributed by atoms with Crippen molar-refractivity contribution in [3.63, 3.8) is 0 Å². The van der Waals surface area contributed by atoms with Gasteiger partial charge in [-0.05, 0) is 24.3 Å². The van der Waals surface area contributed by atoms with Crippen LogP contribution in [0.2, 0.25) is 0 Å². The number of terminal acetylenes is 1. The molecule has 0 aliphatic rings. The lowest BCUT2D eigenvalue weighted by Crippen LogP contribution is -2.02. The van der Waals surface area contributed by atoms with E-state index in [4.69, 9.17) is 31.8 Å². The molecule has 2 aromatic carbocycles. The second-order valence-electron chi connectivity index (χ2n) is 3.47. The first-order valence-corrected chi connectivity index (χ1v) is 8.01. The first-order chi connectivity index (χ1) is 9.22. The van der Waals surface area contributed by atoms with Crippen LogP contribution in [-0.4, -0.2) is 0 Å². The number of para-hydroxylation sites is 2. The van der Waals surface area contributed by atoms with E-state index < -0.39 is 6.72 Å². The van der Waals surface area contributed by atoms with Crippen molar-refractivity contribution in [1.29, 1.82) is 0 Å². The molecule has 0 saturated heterocycles. The Balaban J connectivity index is 2.19. The minimum atomic E-state index is -3.07. The predicted octanol–water partition coefficient (Wildman–Crippen LogP) is 3.98. The Morgan fingerprint density at radius 2 is 1.26 bits per heavy atom. The van der Waals surface area contributed by atoms with Crippen LogP contribution >= 0.6 is 6.72 Å². The molecule has 2 rings (SSSR count). The van der Waals surface area contributed by atoms with Gasteiger partial charge in [0.1, 0.15) is 17.6 Å². The van der Waals surface area contributed by atoms with Crippen LogP contribution in [0, 0.1) is 12.5 Å². The molecule has 0 fully saturated rings. The smallest absolute Gasteiger partial charge is 0.407 e. The van der Waals surface area contributed by atoms with Crippen molar-refractivity contribution in [3.05, 3.63) is 60.7 Å². The monoisotopic (exact) mass is 290 g/mol. The highest BCUT2D eigenvalue weighted by molar-refractivity contribution is 8.08. The van der Waals surface area contributed by atoms with Crippen molar-refractivity contribution in [2.45, 2.75) is 0 Å². The highest BCUT2D eigenvalue weighted by Crippen LogP contribution is 2.49. The summed E-state index contributed by atoms with van der Waals surface area (Å²) in [7, 11) is 0. The van der Waals surface area contributed by atoms with E-state index in [1.807, 2.05) is 42.5 Å². The molecule has 0 aliphatic heterocycles. The lowest BCUT2D eigenvalue weighted by atomic mass is 10.3. The molecule has 0 amide bonds.